The van der Waals surface area contributed by atoms with Crippen molar-refractivity contribution in [2.24, 2.45) is 58.2 Å². The molecule has 4 heterocycles. The number of carbonyl (C=O) groups is 2. The molecule has 4 aliphatic carbocycles. The molecule has 0 radical (unpaired) electrons. The van der Waals surface area contributed by atoms with E-state index >= 15 is 4.79 Å². The van der Waals surface area contributed by atoms with Crippen molar-refractivity contribution in [2.45, 2.75) is 251 Å². The van der Waals surface area contributed by atoms with Crippen LogP contribution in [0.3, 0.4) is 0 Å². The third-order valence-electron chi connectivity index (χ3n) is 20.5. The van der Waals surface area contributed by atoms with Gasteiger partial charge in [0, 0.05) is 74.4 Å². The number of allylic oxidation sites excluding steroid dienone is 4. The summed E-state index contributed by atoms with van der Waals surface area (Å²) >= 11 is 0. The van der Waals surface area contributed by atoms with Gasteiger partial charge in [0.05, 0.1) is 54.9 Å². The average molecular weight is 1100 g/mol. The highest BCUT2D eigenvalue weighted by molar-refractivity contribution is 6.26. The molecule has 1 spiro atoms. The molecule has 17 heteroatoms. The molecule has 4 saturated heterocycles. The fraction of sp³-hybridized carbons (Fsp3) is 0.836. The van der Waals surface area contributed by atoms with Crippen LogP contribution in [0.15, 0.2) is 46.3 Å². The van der Waals surface area contributed by atoms with Crippen molar-refractivity contribution in [1.82, 2.24) is 0 Å². The van der Waals surface area contributed by atoms with Crippen molar-refractivity contribution in [2.75, 3.05) is 13.7 Å². The molecule has 1 saturated carbocycles. The summed E-state index contributed by atoms with van der Waals surface area (Å²) in [4.78, 5) is 30.5. The van der Waals surface area contributed by atoms with E-state index in [-0.39, 0.29) is 80.1 Å². The molecule has 0 amide bonds. The Labute approximate surface area is 463 Å². The number of esters is 1. The van der Waals surface area contributed by atoms with Crippen molar-refractivity contribution < 1.29 is 83.2 Å². The molecule has 8 rings (SSSR count). The Bertz CT molecular complexity index is 2240. The Kier molecular flexibility index (Phi) is 19.1. The Morgan fingerprint density at radius 2 is 1.33 bits per heavy atom. The number of rotatable bonds is 10. The highest BCUT2D eigenvalue weighted by atomic mass is 16.7. The Morgan fingerprint density at radius 1 is 0.718 bits per heavy atom. The minimum absolute atomic E-state index is 0.0872. The fourth-order valence-corrected chi connectivity index (χ4v) is 16.1. The average Bonchev–Trinajstić information content (AvgIpc) is 3.79. The van der Waals surface area contributed by atoms with E-state index in [2.05, 4.69) is 39.0 Å². The van der Waals surface area contributed by atoms with Crippen LogP contribution in [0.25, 0.3) is 0 Å². The summed E-state index contributed by atoms with van der Waals surface area (Å²) < 4.78 is 51.0. The SMILES string of the molecule is CC/C1=C\[C@H](CO)C[C@@H](C)C(O[C@H]2C[C@H](O)[C@H](O[C@@H]3C[C@@H](OC)[C@H](O[C@H]4C[C@H](O)[C@H](O)[C@@H](C)O4)[C@@H](C)O3)[C@@H](C)O2)C(C)CCC[C@]2(C)C=C(C)[C@H](C)C[C@]23OC(=O)/C(=C(/O)[C@@]2(CC)[C@@H]4[C@@H](C)[C@@H](O)C[C@H](O)[C@H]4C=C(C)[C@@H]12)C3=O. The summed E-state index contributed by atoms with van der Waals surface area (Å²) in [5.74, 6) is -4.51. The van der Waals surface area contributed by atoms with Crippen LogP contribution in [0.1, 0.15) is 154 Å². The first-order valence-electron chi connectivity index (χ1n) is 29.6. The summed E-state index contributed by atoms with van der Waals surface area (Å²) in [7, 11) is 1.58. The van der Waals surface area contributed by atoms with E-state index in [1.165, 1.54) is 0 Å². The van der Waals surface area contributed by atoms with Gasteiger partial charge in [-0.15, -0.1) is 0 Å². The Morgan fingerprint density at radius 3 is 1.95 bits per heavy atom. The van der Waals surface area contributed by atoms with E-state index in [1.54, 1.807) is 14.0 Å². The zero-order valence-corrected chi connectivity index (χ0v) is 48.7. The maximum atomic E-state index is 15.7. The van der Waals surface area contributed by atoms with Gasteiger partial charge < -0.3 is 73.6 Å². The molecule has 4 aliphatic heterocycles. The van der Waals surface area contributed by atoms with Crippen molar-refractivity contribution in [1.29, 1.82) is 0 Å². The molecule has 0 aromatic rings. The summed E-state index contributed by atoms with van der Waals surface area (Å²) in [5.41, 5.74) is -1.35. The molecule has 8 aliphatic rings. The molecule has 78 heavy (non-hydrogen) atoms. The largest absolute Gasteiger partial charge is 0.511 e. The van der Waals surface area contributed by atoms with Crippen molar-refractivity contribution >= 4 is 11.8 Å². The van der Waals surface area contributed by atoms with Gasteiger partial charge in [-0.1, -0.05) is 89.8 Å². The normalized spacial score (nSPS) is 50.4. The number of ether oxygens (including phenoxy) is 8. The summed E-state index contributed by atoms with van der Waals surface area (Å²) in [6.45, 7) is 23.4. The van der Waals surface area contributed by atoms with Crippen LogP contribution in [0.5, 0.6) is 0 Å². The predicted octanol–water partition coefficient (Wildman–Crippen LogP) is 7.07. The highest BCUT2D eigenvalue weighted by Gasteiger charge is 2.67. The minimum Gasteiger partial charge on any atom is -0.511 e. The fourth-order valence-electron chi connectivity index (χ4n) is 16.1. The molecule has 2 bridgehead atoms. The second-order valence-electron chi connectivity index (χ2n) is 25.6. The van der Waals surface area contributed by atoms with E-state index in [9.17, 15) is 40.5 Å². The van der Waals surface area contributed by atoms with Gasteiger partial charge in [-0.05, 0) is 96.3 Å². The topological polar surface area (TPSA) is 250 Å². The maximum absolute atomic E-state index is 15.7. The first-order chi connectivity index (χ1) is 36.8. The Balaban J connectivity index is 1.09. The van der Waals surface area contributed by atoms with Gasteiger partial charge in [0.25, 0.3) is 0 Å². The van der Waals surface area contributed by atoms with E-state index in [4.69, 9.17) is 37.9 Å². The summed E-state index contributed by atoms with van der Waals surface area (Å²) in [6.07, 6.45) is -1.04. The quantitative estimate of drug-likeness (QED) is 0.0656. The van der Waals surface area contributed by atoms with E-state index in [0.29, 0.717) is 32.1 Å². The number of hydrogen-bond donors (Lipinski definition) is 7. The third kappa shape index (κ3) is 11.2. The van der Waals surface area contributed by atoms with Gasteiger partial charge in [-0.2, -0.15) is 0 Å². The zero-order chi connectivity index (χ0) is 57.1. The van der Waals surface area contributed by atoms with Gasteiger partial charge in [0.2, 0.25) is 5.78 Å². The van der Waals surface area contributed by atoms with E-state index < -0.39 is 144 Å². The van der Waals surface area contributed by atoms with Crippen molar-refractivity contribution in [3.63, 3.8) is 0 Å². The second-order valence-corrected chi connectivity index (χ2v) is 25.6. The van der Waals surface area contributed by atoms with Gasteiger partial charge in [0.15, 0.2) is 24.5 Å². The number of methoxy groups -OCH3 is 1. The molecule has 0 aromatic heterocycles. The van der Waals surface area contributed by atoms with Crippen molar-refractivity contribution in [3.8, 4) is 0 Å². The lowest BCUT2D eigenvalue weighted by Crippen LogP contribution is -2.57. The molecule has 26 atom stereocenters. The van der Waals surface area contributed by atoms with Gasteiger partial charge in [-0.25, -0.2) is 4.79 Å². The van der Waals surface area contributed by atoms with Crippen LogP contribution < -0.4 is 0 Å². The number of hydrogen-bond acceptors (Lipinski definition) is 17. The number of carbonyl (C=O) groups excluding carboxylic acids is 2. The summed E-state index contributed by atoms with van der Waals surface area (Å²) in [6, 6.07) is 0. The number of aliphatic hydroxyl groups is 7. The second kappa shape index (κ2) is 24.3. The predicted molar refractivity (Wildman–Crippen MR) is 288 cm³/mol. The number of ketones is 1. The molecule has 7 N–H and O–H groups in total. The Hall–Kier alpha value is -2.62. The lowest BCUT2D eigenvalue weighted by Gasteiger charge is -2.58. The molecule has 5 fully saturated rings. The molecule has 2 unspecified atom stereocenters. The van der Waals surface area contributed by atoms with Gasteiger partial charge >= 0.3 is 5.97 Å². The van der Waals surface area contributed by atoms with Crippen LogP contribution in [0.4, 0.5) is 0 Å². The minimum atomic E-state index is -1.60. The van der Waals surface area contributed by atoms with E-state index in [0.717, 1.165) is 16.7 Å². The first-order valence-corrected chi connectivity index (χ1v) is 29.6. The van der Waals surface area contributed by atoms with Crippen LogP contribution in [0, 0.1) is 58.2 Å². The molecule has 442 valence electrons. The van der Waals surface area contributed by atoms with Crippen LogP contribution in [-0.4, -0.2) is 159 Å². The van der Waals surface area contributed by atoms with Gasteiger partial charge in [0.1, 0.15) is 29.6 Å². The monoisotopic (exact) mass is 1100 g/mol. The first kappa shape index (κ1) is 61.5. The zero-order valence-electron chi connectivity index (χ0n) is 48.7. The number of aliphatic hydroxyl groups excluding tert-OH is 7. The third-order valence-corrected chi connectivity index (χ3v) is 20.5. The van der Waals surface area contributed by atoms with Crippen LogP contribution in [0.2, 0.25) is 0 Å². The number of Topliss-reactive ketones (excluding diaryl/α,β-unsaturated/α-hetero) is 1. The molecule has 0 aromatic carbocycles. The maximum Gasteiger partial charge on any atom is 0.346 e. The van der Waals surface area contributed by atoms with Crippen LogP contribution >= 0.6 is 0 Å². The molecular formula is C61H96O17. The summed E-state index contributed by atoms with van der Waals surface area (Å²) in [5, 5.41) is 80.5. The lowest BCUT2D eigenvalue weighted by molar-refractivity contribution is -0.338. The van der Waals surface area contributed by atoms with Crippen molar-refractivity contribution in [3.05, 3.63) is 46.3 Å². The van der Waals surface area contributed by atoms with Gasteiger partial charge in [-0.3, -0.25) is 4.79 Å². The highest BCUT2D eigenvalue weighted by Crippen LogP contribution is 2.64. The van der Waals surface area contributed by atoms with Crippen LogP contribution in [-0.2, 0) is 47.5 Å². The smallest absolute Gasteiger partial charge is 0.346 e. The molecule has 17 nitrogen and oxygen atoms in total. The number of fused-ring (bicyclic) bond motifs is 4. The van der Waals surface area contributed by atoms with E-state index in [1.807, 2.05) is 55.4 Å². The lowest BCUT2D eigenvalue weighted by atomic mass is 9.46. The standard InChI is InChI=1S/C61H96O17/c1-14-39-21-38(28-62)19-31(5)53(75-47-24-44(66)54(36(10)73-47)76-48-25-45(71-13)55(37(11)74-48)77-46-23-43(65)52(67)35(9)72-46)29(3)17-16-18-59(12)26-32(6)33(7)27-61(59)57(69)49(58(70)78-61)56(68)60(15-2)50(39)30(4)20-40-42(64)22-41(63)34(8)51(40)60/h20-21,26,29,31,33-38,40-48,50-55,62-68H,14-19,22-25,27-28H2,1-13H3/b39-21+,56-49+/t29?,31-,33-,34+,35-,36-,37-,38-,40-,41+,42+,43+,44+,45-,46+,47+,48-,50+,51-,52-,53?,54-,55-,59-,60-,61-/m1/s1. The molecular weight excluding hydrogens is 1000 g/mol.